The molecule has 2 atom stereocenters. The fourth-order valence-electron chi connectivity index (χ4n) is 2.50. The van der Waals surface area contributed by atoms with Crippen molar-refractivity contribution in [2.24, 2.45) is 5.92 Å². The van der Waals surface area contributed by atoms with E-state index in [0.717, 1.165) is 18.0 Å². The van der Waals surface area contributed by atoms with E-state index in [1.54, 1.807) is 7.11 Å². The molecule has 0 spiro atoms. The molecule has 0 fully saturated rings. The third kappa shape index (κ3) is 2.61. The Kier molecular flexibility index (Phi) is 4.35. The van der Waals surface area contributed by atoms with Crippen LogP contribution in [0.3, 0.4) is 0 Å². The van der Waals surface area contributed by atoms with E-state index in [1.807, 2.05) is 11.8 Å². The van der Waals surface area contributed by atoms with Crippen LogP contribution in [0.4, 0.5) is 0 Å². The highest BCUT2D eigenvalue weighted by Gasteiger charge is 2.25. The number of hydrogen-bond acceptors (Lipinski definition) is 3. The predicted octanol–water partition coefficient (Wildman–Crippen LogP) is 3.23. The lowest BCUT2D eigenvalue weighted by Gasteiger charge is -2.24. The summed E-state index contributed by atoms with van der Waals surface area (Å²) in [6.45, 7) is 5.51. The minimum atomic E-state index is 0.458. The zero-order valence-corrected chi connectivity index (χ0v) is 11.6. The van der Waals surface area contributed by atoms with Gasteiger partial charge in [-0.15, -0.1) is 0 Å². The maximum atomic E-state index is 5.49. The van der Waals surface area contributed by atoms with Crippen LogP contribution in [0.5, 0.6) is 5.75 Å². The summed E-state index contributed by atoms with van der Waals surface area (Å²) in [6.07, 6.45) is 0. The molecule has 1 heterocycles. The second kappa shape index (κ2) is 5.78. The van der Waals surface area contributed by atoms with Crippen LogP contribution < -0.4 is 10.1 Å². The first kappa shape index (κ1) is 12.8. The molecule has 1 aliphatic rings. The van der Waals surface area contributed by atoms with Gasteiger partial charge in [-0.05, 0) is 29.8 Å². The Bertz CT molecular complexity index is 380. The summed E-state index contributed by atoms with van der Waals surface area (Å²) in [5, 5.41) is 3.61. The van der Waals surface area contributed by atoms with E-state index in [-0.39, 0.29) is 0 Å². The summed E-state index contributed by atoms with van der Waals surface area (Å²) in [6, 6.07) is 6.87. The Morgan fingerprint density at radius 1 is 1.47 bits per heavy atom. The third-order valence-electron chi connectivity index (χ3n) is 3.34. The first-order chi connectivity index (χ1) is 8.27. The number of rotatable bonds is 3. The number of fused-ring (bicyclic) bond motifs is 1. The molecule has 0 bridgehead atoms. The molecule has 1 N–H and O–H groups in total. The molecule has 0 amide bonds. The minimum Gasteiger partial charge on any atom is -0.496 e. The van der Waals surface area contributed by atoms with Crippen LogP contribution in [-0.4, -0.2) is 19.4 Å². The van der Waals surface area contributed by atoms with Crippen molar-refractivity contribution in [2.75, 3.05) is 19.4 Å². The van der Waals surface area contributed by atoms with Gasteiger partial charge < -0.3 is 10.1 Å². The molecule has 1 aliphatic heterocycles. The summed E-state index contributed by atoms with van der Waals surface area (Å²) in [4.78, 5) is 0. The first-order valence-electron chi connectivity index (χ1n) is 6.24. The monoisotopic (exact) mass is 251 g/mol. The van der Waals surface area contributed by atoms with Gasteiger partial charge in [0.25, 0.3) is 0 Å². The molecule has 3 heteroatoms. The number of hydrogen-bond donors (Lipinski definition) is 1. The summed E-state index contributed by atoms with van der Waals surface area (Å²) >= 11 is 2.01. The van der Waals surface area contributed by atoms with Crippen molar-refractivity contribution in [3.8, 4) is 5.75 Å². The molecule has 94 valence electrons. The molecule has 2 nitrogen and oxygen atoms in total. The largest absolute Gasteiger partial charge is 0.496 e. The average Bonchev–Trinajstić information content (AvgIpc) is 2.50. The Balaban J connectivity index is 2.42. The van der Waals surface area contributed by atoms with Crippen LogP contribution in [0.1, 0.15) is 31.0 Å². The van der Waals surface area contributed by atoms with Crippen molar-refractivity contribution in [3.63, 3.8) is 0 Å². The second-order valence-corrected chi connectivity index (χ2v) is 5.59. The lowest BCUT2D eigenvalue weighted by molar-refractivity contribution is 0.402. The van der Waals surface area contributed by atoms with Gasteiger partial charge in [-0.2, -0.15) is 11.8 Å². The maximum Gasteiger partial charge on any atom is 0.123 e. The van der Waals surface area contributed by atoms with Crippen LogP contribution in [0.25, 0.3) is 0 Å². The predicted molar refractivity (Wildman–Crippen MR) is 74.7 cm³/mol. The summed E-state index contributed by atoms with van der Waals surface area (Å²) in [7, 11) is 1.76. The van der Waals surface area contributed by atoms with E-state index in [0.29, 0.717) is 12.0 Å². The Labute approximate surface area is 108 Å². The van der Waals surface area contributed by atoms with Gasteiger partial charge in [0, 0.05) is 17.4 Å². The molecule has 0 aromatic heterocycles. The highest BCUT2D eigenvalue weighted by molar-refractivity contribution is 7.98. The molecular weight excluding hydrogens is 230 g/mol. The topological polar surface area (TPSA) is 21.3 Å². The van der Waals surface area contributed by atoms with E-state index in [4.69, 9.17) is 4.74 Å². The Morgan fingerprint density at radius 3 is 3.00 bits per heavy atom. The fourth-order valence-corrected chi connectivity index (χ4v) is 3.70. The van der Waals surface area contributed by atoms with Gasteiger partial charge in [0.05, 0.1) is 7.11 Å². The molecule has 1 aromatic rings. The average molecular weight is 251 g/mol. The van der Waals surface area contributed by atoms with Gasteiger partial charge in [0.15, 0.2) is 0 Å². The van der Waals surface area contributed by atoms with Crippen molar-refractivity contribution < 1.29 is 4.74 Å². The van der Waals surface area contributed by atoms with E-state index < -0.39 is 0 Å². The maximum absolute atomic E-state index is 5.49. The standard InChI is InChI=1S/C14H21NOS/c1-4-15-14-10(2)8-17-9-12-11(14)6-5-7-13(12)16-3/h5-7,10,14-15H,4,8-9H2,1-3H3. The Hall–Kier alpha value is -0.670. The van der Waals surface area contributed by atoms with Gasteiger partial charge in [-0.25, -0.2) is 0 Å². The first-order valence-corrected chi connectivity index (χ1v) is 7.40. The fraction of sp³-hybridized carbons (Fsp3) is 0.571. The number of ether oxygens (including phenoxy) is 1. The quantitative estimate of drug-likeness (QED) is 0.891. The van der Waals surface area contributed by atoms with Crippen molar-refractivity contribution >= 4 is 11.8 Å². The molecule has 0 aliphatic carbocycles. The van der Waals surface area contributed by atoms with Gasteiger partial charge >= 0.3 is 0 Å². The zero-order chi connectivity index (χ0) is 12.3. The van der Waals surface area contributed by atoms with Crippen LogP contribution in [0.15, 0.2) is 18.2 Å². The van der Waals surface area contributed by atoms with E-state index in [2.05, 4.69) is 37.4 Å². The van der Waals surface area contributed by atoms with Crippen LogP contribution in [-0.2, 0) is 5.75 Å². The van der Waals surface area contributed by atoms with E-state index >= 15 is 0 Å². The zero-order valence-electron chi connectivity index (χ0n) is 10.8. The number of nitrogens with one attached hydrogen (secondary N) is 1. The second-order valence-electron chi connectivity index (χ2n) is 4.56. The molecule has 0 radical (unpaired) electrons. The highest BCUT2D eigenvalue weighted by Crippen LogP contribution is 2.38. The van der Waals surface area contributed by atoms with Gasteiger partial charge in [-0.1, -0.05) is 26.0 Å². The van der Waals surface area contributed by atoms with Gasteiger partial charge in [0.1, 0.15) is 5.75 Å². The van der Waals surface area contributed by atoms with Crippen molar-refractivity contribution in [2.45, 2.75) is 25.6 Å². The van der Waals surface area contributed by atoms with Crippen molar-refractivity contribution in [3.05, 3.63) is 29.3 Å². The molecule has 0 saturated heterocycles. The highest BCUT2D eigenvalue weighted by atomic mass is 32.2. The normalized spacial score (nSPS) is 23.9. The molecule has 2 unspecified atom stereocenters. The van der Waals surface area contributed by atoms with Crippen LogP contribution in [0, 0.1) is 5.92 Å². The molecular formula is C14H21NOS. The number of methoxy groups -OCH3 is 1. The van der Waals surface area contributed by atoms with Gasteiger partial charge in [0.2, 0.25) is 0 Å². The number of benzene rings is 1. The lowest BCUT2D eigenvalue weighted by Crippen LogP contribution is -2.27. The third-order valence-corrected chi connectivity index (χ3v) is 4.60. The summed E-state index contributed by atoms with van der Waals surface area (Å²) in [5.74, 6) is 3.96. The molecule has 0 saturated carbocycles. The van der Waals surface area contributed by atoms with Crippen LogP contribution in [0.2, 0.25) is 0 Å². The number of thioether (sulfide) groups is 1. The van der Waals surface area contributed by atoms with Crippen LogP contribution >= 0.6 is 11.8 Å². The lowest BCUT2D eigenvalue weighted by atomic mass is 9.92. The van der Waals surface area contributed by atoms with E-state index in [1.165, 1.54) is 16.9 Å². The molecule has 2 rings (SSSR count). The summed E-state index contributed by atoms with van der Waals surface area (Å²) < 4.78 is 5.49. The van der Waals surface area contributed by atoms with E-state index in [9.17, 15) is 0 Å². The molecule has 17 heavy (non-hydrogen) atoms. The van der Waals surface area contributed by atoms with Crippen molar-refractivity contribution in [1.29, 1.82) is 0 Å². The SMILES string of the molecule is CCNC1c2cccc(OC)c2CSCC1C. The Morgan fingerprint density at radius 2 is 2.29 bits per heavy atom. The summed E-state index contributed by atoms with van der Waals surface area (Å²) in [5.41, 5.74) is 2.79. The van der Waals surface area contributed by atoms with Crippen molar-refractivity contribution in [1.82, 2.24) is 5.32 Å². The smallest absolute Gasteiger partial charge is 0.123 e. The minimum absolute atomic E-state index is 0.458. The molecule has 1 aromatic carbocycles. The van der Waals surface area contributed by atoms with Gasteiger partial charge in [-0.3, -0.25) is 0 Å².